The van der Waals surface area contributed by atoms with Gasteiger partial charge in [0.15, 0.2) is 0 Å². The molecule has 166 valence electrons. The molecule has 33 heavy (non-hydrogen) atoms. The Hall–Kier alpha value is -3.50. The van der Waals surface area contributed by atoms with E-state index in [4.69, 9.17) is 9.15 Å². The lowest BCUT2D eigenvalue weighted by atomic mass is 10.0. The van der Waals surface area contributed by atoms with Gasteiger partial charge in [0.25, 0.3) is 11.1 Å². The van der Waals surface area contributed by atoms with Gasteiger partial charge in [-0.1, -0.05) is 30.0 Å². The number of benzene rings is 1. The van der Waals surface area contributed by atoms with Crippen molar-refractivity contribution in [3.8, 4) is 17.2 Å². The van der Waals surface area contributed by atoms with Crippen LogP contribution in [0.3, 0.4) is 0 Å². The summed E-state index contributed by atoms with van der Waals surface area (Å²) in [6, 6.07) is 15.2. The van der Waals surface area contributed by atoms with E-state index in [1.54, 1.807) is 48.0 Å². The lowest BCUT2D eigenvalue weighted by molar-refractivity contribution is -0.130. The molecule has 0 saturated carbocycles. The molecule has 0 N–H and O–H groups in total. The Bertz CT molecular complexity index is 1260. The Morgan fingerprint density at radius 1 is 1.18 bits per heavy atom. The molecule has 8 nitrogen and oxygen atoms in total. The maximum atomic E-state index is 13.2. The SMILES string of the molecule is COc1ccc(C2CC(c3cccs3)=NN2C(=O)CSc2nnc(-c3ccncc3)o2)cc1. The smallest absolute Gasteiger partial charge is 0.277 e. The Kier molecular flexibility index (Phi) is 6.18. The van der Waals surface area contributed by atoms with Gasteiger partial charge in [0, 0.05) is 24.4 Å². The maximum Gasteiger partial charge on any atom is 0.277 e. The quantitative estimate of drug-likeness (QED) is 0.357. The molecule has 0 aliphatic carbocycles. The van der Waals surface area contributed by atoms with E-state index in [1.165, 1.54) is 11.8 Å². The van der Waals surface area contributed by atoms with Crippen molar-refractivity contribution in [1.29, 1.82) is 0 Å². The third-order valence-corrected chi connectivity index (χ3v) is 6.85. The van der Waals surface area contributed by atoms with E-state index in [0.717, 1.165) is 27.5 Å². The standard InChI is InChI=1S/C23H19N5O3S2/c1-30-17-6-4-15(5-7-17)19-13-18(20-3-2-12-32-20)27-28(19)21(29)14-33-23-26-25-22(31-23)16-8-10-24-11-9-16/h2-12,19H,13-14H2,1H3. The minimum atomic E-state index is -0.184. The van der Waals surface area contributed by atoms with Crippen LogP contribution >= 0.6 is 23.1 Å². The van der Waals surface area contributed by atoms with Gasteiger partial charge in [0.05, 0.1) is 29.5 Å². The Labute approximate surface area is 198 Å². The van der Waals surface area contributed by atoms with E-state index in [2.05, 4.69) is 20.3 Å². The van der Waals surface area contributed by atoms with Crippen LogP contribution in [0.1, 0.15) is 22.9 Å². The first kappa shape index (κ1) is 21.4. The molecule has 4 aromatic rings. The second-order valence-electron chi connectivity index (χ2n) is 7.15. The number of carbonyl (C=O) groups is 1. The summed E-state index contributed by atoms with van der Waals surface area (Å²) in [5.74, 6) is 1.16. The molecule has 5 rings (SSSR count). The molecule has 1 unspecified atom stereocenters. The van der Waals surface area contributed by atoms with Crippen molar-refractivity contribution in [3.05, 3.63) is 76.7 Å². The van der Waals surface area contributed by atoms with Crippen molar-refractivity contribution in [2.45, 2.75) is 17.7 Å². The highest BCUT2D eigenvalue weighted by molar-refractivity contribution is 7.99. The Morgan fingerprint density at radius 2 is 2.00 bits per heavy atom. The van der Waals surface area contributed by atoms with E-state index in [-0.39, 0.29) is 17.7 Å². The lowest BCUT2D eigenvalue weighted by Crippen LogP contribution is -2.28. The van der Waals surface area contributed by atoms with Crippen LogP contribution in [0.25, 0.3) is 11.5 Å². The number of hydrazone groups is 1. The fourth-order valence-electron chi connectivity index (χ4n) is 3.49. The number of rotatable bonds is 7. The predicted octanol–water partition coefficient (Wildman–Crippen LogP) is 4.67. The number of ether oxygens (including phenoxy) is 1. The summed E-state index contributed by atoms with van der Waals surface area (Å²) in [4.78, 5) is 18.2. The van der Waals surface area contributed by atoms with Gasteiger partial charge in [-0.05, 0) is 41.3 Å². The highest BCUT2D eigenvalue weighted by atomic mass is 32.2. The second-order valence-corrected chi connectivity index (χ2v) is 9.03. The van der Waals surface area contributed by atoms with Gasteiger partial charge in [-0.3, -0.25) is 9.78 Å². The van der Waals surface area contributed by atoms with E-state index in [0.29, 0.717) is 17.5 Å². The van der Waals surface area contributed by atoms with Crippen LogP contribution in [0.5, 0.6) is 5.75 Å². The van der Waals surface area contributed by atoms with Gasteiger partial charge in [-0.2, -0.15) is 5.10 Å². The molecular formula is C23H19N5O3S2. The summed E-state index contributed by atoms with van der Waals surface area (Å²) in [6.45, 7) is 0. The first-order chi connectivity index (χ1) is 16.2. The number of pyridine rings is 1. The molecule has 1 aliphatic heterocycles. The van der Waals surface area contributed by atoms with Crippen LogP contribution in [0.4, 0.5) is 0 Å². The summed E-state index contributed by atoms with van der Waals surface area (Å²) in [5.41, 5.74) is 2.68. The molecule has 0 fully saturated rings. The summed E-state index contributed by atoms with van der Waals surface area (Å²) in [6.07, 6.45) is 3.97. The molecule has 0 radical (unpaired) electrons. The zero-order valence-electron chi connectivity index (χ0n) is 17.6. The van der Waals surface area contributed by atoms with Crippen molar-refractivity contribution in [2.24, 2.45) is 5.10 Å². The summed E-state index contributed by atoms with van der Waals surface area (Å²) < 4.78 is 11.0. The third-order valence-electron chi connectivity index (χ3n) is 5.12. The van der Waals surface area contributed by atoms with Crippen molar-refractivity contribution in [1.82, 2.24) is 20.2 Å². The minimum Gasteiger partial charge on any atom is -0.497 e. The largest absolute Gasteiger partial charge is 0.497 e. The molecule has 1 aliphatic rings. The van der Waals surface area contributed by atoms with Crippen LogP contribution in [0.15, 0.2) is 81.0 Å². The Balaban J connectivity index is 1.33. The maximum absolute atomic E-state index is 13.2. The molecular weight excluding hydrogens is 458 g/mol. The molecule has 3 aromatic heterocycles. The van der Waals surface area contributed by atoms with Crippen molar-refractivity contribution >= 4 is 34.7 Å². The number of amides is 1. The van der Waals surface area contributed by atoms with E-state index >= 15 is 0 Å². The van der Waals surface area contributed by atoms with Crippen molar-refractivity contribution in [2.75, 3.05) is 12.9 Å². The number of carbonyl (C=O) groups excluding carboxylic acids is 1. The number of thiophene rings is 1. The van der Waals surface area contributed by atoms with Crippen LogP contribution in [-0.2, 0) is 4.79 Å². The predicted molar refractivity (Wildman–Crippen MR) is 126 cm³/mol. The third kappa shape index (κ3) is 4.67. The monoisotopic (exact) mass is 477 g/mol. The molecule has 0 saturated heterocycles. The van der Waals surface area contributed by atoms with Crippen LogP contribution in [-0.4, -0.2) is 44.7 Å². The molecule has 1 atom stereocenters. The van der Waals surface area contributed by atoms with Crippen LogP contribution < -0.4 is 4.74 Å². The highest BCUT2D eigenvalue weighted by Gasteiger charge is 2.33. The van der Waals surface area contributed by atoms with E-state index in [1.807, 2.05) is 41.8 Å². The van der Waals surface area contributed by atoms with Gasteiger partial charge in [0.1, 0.15) is 5.75 Å². The molecule has 1 amide bonds. The van der Waals surface area contributed by atoms with Crippen molar-refractivity contribution in [3.63, 3.8) is 0 Å². The summed E-state index contributed by atoms with van der Waals surface area (Å²) in [7, 11) is 1.63. The van der Waals surface area contributed by atoms with Gasteiger partial charge in [0.2, 0.25) is 5.89 Å². The molecule has 0 spiro atoms. The highest BCUT2D eigenvalue weighted by Crippen LogP contribution is 2.35. The van der Waals surface area contributed by atoms with Gasteiger partial charge in [-0.25, -0.2) is 5.01 Å². The first-order valence-corrected chi connectivity index (χ1v) is 12.0. The number of methoxy groups -OCH3 is 1. The minimum absolute atomic E-state index is 0.129. The first-order valence-electron chi connectivity index (χ1n) is 10.2. The van der Waals surface area contributed by atoms with Crippen molar-refractivity contribution < 1.29 is 13.9 Å². The summed E-state index contributed by atoms with van der Waals surface area (Å²) >= 11 is 2.82. The van der Waals surface area contributed by atoms with Crippen LogP contribution in [0.2, 0.25) is 0 Å². The molecule has 10 heteroatoms. The topological polar surface area (TPSA) is 93.7 Å². The molecule has 4 heterocycles. The average molecular weight is 478 g/mol. The fraction of sp³-hybridized carbons (Fsp3) is 0.174. The molecule has 1 aromatic carbocycles. The zero-order chi connectivity index (χ0) is 22.6. The van der Waals surface area contributed by atoms with Gasteiger partial charge >= 0.3 is 0 Å². The van der Waals surface area contributed by atoms with E-state index in [9.17, 15) is 4.79 Å². The van der Waals surface area contributed by atoms with Gasteiger partial charge in [-0.15, -0.1) is 21.5 Å². The number of nitrogens with zero attached hydrogens (tertiary/aromatic N) is 5. The number of hydrogen-bond acceptors (Lipinski definition) is 9. The number of thioether (sulfide) groups is 1. The van der Waals surface area contributed by atoms with E-state index < -0.39 is 0 Å². The number of aromatic nitrogens is 3. The van der Waals surface area contributed by atoms with Crippen LogP contribution in [0, 0.1) is 0 Å². The Morgan fingerprint density at radius 3 is 2.73 bits per heavy atom. The molecule has 0 bridgehead atoms. The second kappa shape index (κ2) is 9.55. The summed E-state index contributed by atoms with van der Waals surface area (Å²) in [5, 5.41) is 16.7. The number of hydrogen-bond donors (Lipinski definition) is 0. The zero-order valence-corrected chi connectivity index (χ0v) is 19.3. The lowest BCUT2D eigenvalue weighted by Gasteiger charge is -2.22. The van der Waals surface area contributed by atoms with Gasteiger partial charge < -0.3 is 9.15 Å². The average Bonchev–Trinajstić information content (AvgIpc) is 3.64. The normalized spacial score (nSPS) is 15.5. The fourth-order valence-corrected chi connectivity index (χ4v) is 4.82.